The van der Waals surface area contributed by atoms with Crippen LogP contribution in [-0.4, -0.2) is 83.3 Å². The first-order chi connectivity index (χ1) is 34.3. The Hall–Kier alpha value is -7.61. The molecule has 2 aromatic heterocycles. The Bertz CT molecular complexity index is 3260. The molecule has 2 aliphatic heterocycles. The molecule has 4 heterocycles. The minimum Gasteiger partial charge on any atom is -0.394 e. The zero-order chi connectivity index (χ0) is 50.3. The third-order valence-corrected chi connectivity index (χ3v) is 12.0. The fourth-order valence-electron chi connectivity index (χ4n) is 8.40. The van der Waals surface area contributed by atoms with Crippen LogP contribution in [0.25, 0.3) is 44.1 Å². The summed E-state index contributed by atoms with van der Waals surface area (Å²) >= 11 is 5.97. The van der Waals surface area contributed by atoms with Crippen molar-refractivity contribution in [2.24, 2.45) is 0 Å². The Balaban J connectivity index is 0.000000178. The van der Waals surface area contributed by atoms with Crippen LogP contribution >= 0.6 is 11.6 Å². The van der Waals surface area contributed by atoms with Gasteiger partial charge >= 0.3 is 0 Å². The van der Waals surface area contributed by atoms with E-state index in [1.165, 1.54) is 0 Å². The van der Waals surface area contributed by atoms with Crippen LogP contribution in [0.3, 0.4) is 0 Å². The van der Waals surface area contributed by atoms with Crippen LogP contribution in [0.4, 0.5) is 29.5 Å². The van der Waals surface area contributed by atoms with Crippen molar-refractivity contribution in [1.29, 1.82) is 0 Å². The monoisotopic (exact) mass is 988 g/mol. The van der Waals surface area contributed by atoms with Gasteiger partial charge in [0, 0.05) is 42.8 Å². The topological polar surface area (TPSA) is 214 Å². The van der Waals surface area contributed by atoms with E-state index in [0.29, 0.717) is 81.4 Å². The van der Waals surface area contributed by atoms with Crippen molar-refractivity contribution in [3.63, 3.8) is 0 Å². The maximum Gasteiger partial charge on any atom is 0.273 e. The number of carbonyl (C=O) groups is 2. The van der Waals surface area contributed by atoms with Crippen molar-refractivity contribution in [3.8, 4) is 22.3 Å². The molecule has 0 spiro atoms. The van der Waals surface area contributed by atoms with Crippen LogP contribution in [-0.2, 0) is 43.4 Å². The Morgan fingerprint density at radius 1 is 0.549 bits per heavy atom. The van der Waals surface area contributed by atoms with E-state index in [-0.39, 0.29) is 74.0 Å². The fraction of sp³-hybridized carbons (Fsp3) is 0.192. The van der Waals surface area contributed by atoms with Gasteiger partial charge in [0.2, 0.25) is 11.9 Å². The van der Waals surface area contributed by atoms with Gasteiger partial charge in [-0.3, -0.25) is 9.59 Å². The Labute approximate surface area is 408 Å². The highest BCUT2D eigenvalue weighted by atomic mass is 35.5. The largest absolute Gasteiger partial charge is 0.394 e. The van der Waals surface area contributed by atoms with E-state index in [1.54, 1.807) is 46.2 Å². The molecular weight excluding hydrogens is 944 g/mol. The number of aliphatic hydroxyl groups excluding tert-OH is 3. The van der Waals surface area contributed by atoms with Gasteiger partial charge in [-0.15, -0.1) is 11.6 Å². The minimum absolute atomic E-state index is 0.000627. The third kappa shape index (κ3) is 10.9. The number of anilines is 2. The van der Waals surface area contributed by atoms with Gasteiger partial charge in [0.15, 0.2) is 23.3 Å². The molecule has 0 atom stereocenters. The van der Waals surface area contributed by atoms with Crippen LogP contribution in [0.1, 0.15) is 54.4 Å². The molecule has 14 nitrogen and oxygen atoms in total. The maximum absolute atomic E-state index is 14.2. The summed E-state index contributed by atoms with van der Waals surface area (Å²) in [6, 6.07) is 30.1. The van der Waals surface area contributed by atoms with Gasteiger partial charge < -0.3 is 41.3 Å². The molecule has 7 N–H and O–H groups in total. The SMILES string of the molecule is Nc1nc(C(=O)N2Cc3ccccc3C2)c2cc(-c3cc(F)c(F)cc3CCl)ccc2n1.Nc1nc(C(=O)N2Cc3ccccc3C2)c2cc(-c3cc(F)c(F)cc3COCCO)ccc2n1.OCCO. The molecule has 2 amide bonds. The van der Waals surface area contributed by atoms with Crippen molar-refractivity contribution in [2.75, 3.05) is 37.9 Å². The molecule has 0 fully saturated rings. The lowest BCUT2D eigenvalue weighted by Gasteiger charge is -2.17. The summed E-state index contributed by atoms with van der Waals surface area (Å²) in [4.78, 5) is 47.2. The van der Waals surface area contributed by atoms with Crippen molar-refractivity contribution in [2.45, 2.75) is 38.7 Å². The molecule has 8 aromatic rings. The van der Waals surface area contributed by atoms with Gasteiger partial charge in [-0.1, -0.05) is 60.7 Å². The van der Waals surface area contributed by atoms with Crippen LogP contribution in [0.15, 0.2) is 109 Å². The van der Waals surface area contributed by atoms with Gasteiger partial charge in [-0.25, -0.2) is 37.5 Å². The lowest BCUT2D eigenvalue weighted by Crippen LogP contribution is -2.27. The number of nitrogens with zero attached hydrogens (tertiary/aromatic N) is 6. The Kier molecular flexibility index (Phi) is 15.4. The normalized spacial score (nSPS) is 12.6. The second-order valence-electron chi connectivity index (χ2n) is 16.4. The van der Waals surface area contributed by atoms with Gasteiger partial charge in [-0.05, 0) is 104 Å². The average Bonchev–Trinajstić information content (AvgIpc) is 4.03. The molecular formula is C52H45ClF4N8O6. The smallest absolute Gasteiger partial charge is 0.273 e. The van der Waals surface area contributed by atoms with Gasteiger partial charge in [0.05, 0.1) is 44.1 Å². The van der Waals surface area contributed by atoms with Gasteiger partial charge in [0.1, 0.15) is 11.4 Å². The number of fused-ring (bicyclic) bond motifs is 4. The van der Waals surface area contributed by atoms with Crippen molar-refractivity contribution < 1.29 is 47.2 Å². The zero-order valence-electron chi connectivity index (χ0n) is 37.8. The summed E-state index contributed by atoms with van der Waals surface area (Å²) in [6.45, 7) is 1.44. The number of nitrogen functional groups attached to an aromatic ring is 2. The standard InChI is InChI=1S/C26H22F2N4O3.C24H17ClF2N4O.C2H6O2/c27-21-10-18(14-35-8-7-33)19(11-22(21)28)15-5-6-23-20(9-15)24(31-26(29)30-23)25(34)32-12-16-3-1-2-4-17(16)13-32;25-10-16-8-19(26)20(27)9-17(16)13-5-6-21-18(7-13)22(30-24(28)29-21)23(32)31-11-14-3-1-2-4-15(14)12-31;3-1-2-4/h1-6,9-11,33H,7-8,12-14H2,(H2,29,30,31);1-9H,10-12H2,(H2,28,29,30);3-4H,1-2H2. The molecule has 0 aliphatic carbocycles. The van der Waals surface area contributed by atoms with Crippen LogP contribution in [0, 0.1) is 23.3 Å². The predicted octanol–water partition coefficient (Wildman–Crippen LogP) is 7.85. The second kappa shape index (κ2) is 22.0. The molecule has 0 bridgehead atoms. The van der Waals surface area contributed by atoms with Crippen LogP contribution in [0.2, 0.25) is 0 Å². The van der Waals surface area contributed by atoms with Crippen LogP contribution in [0.5, 0.6) is 0 Å². The molecule has 19 heteroatoms. The van der Waals surface area contributed by atoms with E-state index in [1.807, 2.05) is 48.5 Å². The number of amides is 2. The molecule has 0 saturated carbocycles. The number of halogens is 5. The van der Waals surface area contributed by atoms with Crippen LogP contribution < -0.4 is 11.5 Å². The molecule has 0 saturated heterocycles. The number of alkyl halides is 1. The number of rotatable bonds is 10. The number of ether oxygens (including phenoxy) is 1. The second-order valence-corrected chi connectivity index (χ2v) is 16.7. The molecule has 0 unspecified atom stereocenters. The molecule has 71 heavy (non-hydrogen) atoms. The number of benzene rings is 6. The summed E-state index contributed by atoms with van der Waals surface area (Å²) in [5.74, 6) is -4.58. The van der Waals surface area contributed by atoms with E-state index in [2.05, 4.69) is 19.9 Å². The maximum atomic E-state index is 14.2. The van der Waals surface area contributed by atoms with Crippen molar-refractivity contribution in [1.82, 2.24) is 29.7 Å². The zero-order valence-corrected chi connectivity index (χ0v) is 38.5. The Morgan fingerprint density at radius 2 is 0.944 bits per heavy atom. The molecule has 10 rings (SSSR count). The number of hydrogen-bond acceptors (Lipinski definition) is 12. The highest BCUT2D eigenvalue weighted by molar-refractivity contribution is 6.17. The molecule has 2 aliphatic rings. The predicted molar refractivity (Wildman–Crippen MR) is 259 cm³/mol. The first kappa shape index (κ1) is 49.8. The molecule has 6 aromatic carbocycles. The van der Waals surface area contributed by atoms with E-state index in [0.717, 1.165) is 46.5 Å². The number of aromatic nitrogens is 4. The lowest BCUT2D eigenvalue weighted by molar-refractivity contribution is 0.0741. The number of carbonyl (C=O) groups excluding carboxylic acids is 2. The Morgan fingerprint density at radius 3 is 1.34 bits per heavy atom. The van der Waals surface area contributed by atoms with Gasteiger partial charge in [-0.2, -0.15) is 0 Å². The number of hydrogen-bond donors (Lipinski definition) is 5. The third-order valence-electron chi connectivity index (χ3n) is 11.7. The quantitative estimate of drug-likeness (QED) is 0.0504. The number of nitrogens with two attached hydrogens (primary N) is 2. The first-order valence-corrected chi connectivity index (χ1v) is 22.6. The summed E-state index contributed by atoms with van der Waals surface area (Å²) in [5.41, 5.74) is 20.1. The van der Waals surface area contributed by atoms with E-state index in [9.17, 15) is 27.2 Å². The molecule has 0 radical (unpaired) electrons. The summed E-state index contributed by atoms with van der Waals surface area (Å²) < 4.78 is 61.2. The van der Waals surface area contributed by atoms with E-state index < -0.39 is 23.3 Å². The highest BCUT2D eigenvalue weighted by Crippen LogP contribution is 2.34. The summed E-state index contributed by atoms with van der Waals surface area (Å²) in [6.07, 6.45) is 0. The minimum atomic E-state index is -1.01. The van der Waals surface area contributed by atoms with Crippen molar-refractivity contribution in [3.05, 3.63) is 177 Å². The summed E-state index contributed by atoms with van der Waals surface area (Å²) in [7, 11) is 0. The molecule has 364 valence electrons. The average molecular weight is 989 g/mol. The van der Waals surface area contributed by atoms with E-state index >= 15 is 0 Å². The summed E-state index contributed by atoms with van der Waals surface area (Å²) in [5, 5.41) is 25.2. The van der Waals surface area contributed by atoms with Gasteiger partial charge in [0.25, 0.3) is 11.8 Å². The lowest BCUT2D eigenvalue weighted by atomic mass is 9.97. The van der Waals surface area contributed by atoms with Crippen molar-refractivity contribution >= 4 is 57.1 Å². The highest BCUT2D eigenvalue weighted by Gasteiger charge is 2.29. The fourth-order valence-corrected chi connectivity index (χ4v) is 8.62. The number of aliphatic hydroxyl groups is 3. The first-order valence-electron chi connectivity index (χ1n) is 22.1. The van der Waals surface area contributed by atoms with E-state index in [4.69, 9.17) is 43.1 Å².